The summed E-state index contributed by atoms with van der Waals surface area (Å²) in [7, 11) is 2.45. The minimum atomic E-state index is -0.824. The Hall–Kier alpha value is -2.37. The van der Waals surface area contributed by atoms with Gasteiger partial charge in [0, 0.05) is 13.0 Å². The zero-order chi connectivity index (χ0) is 18.4. The van der Waals surface area contributed by atoms with Crippen LogP contribution in [0.5, 0.6) is 0 Å². The van der Waals surface area contributed by atoms with Gasteiger partial charge in [0.05, 0.1) is 14.2 Å². The summed E-state index contributed by atoms with van der Waals surface area (Å²) in [6.45, 7) is 4.48. The first kappa shape index (κ1) is 21.6. The normalized spacial score (nSPS) is 12.1. The van der Waals surface area contributed by atoms with Crippen LogP contribution in [0.2, 0.25) is 0 Å². The van der Waals surface area contributed by atoms with Crippen LogP contribution in [-0.4, -0.2) is 38.6 Å². The van der Waals surface area contributed by atoms with E-state index < -0.39 is 17.9 Å². The molecule has 24 heavy (non-hydrogen) atoms. The van der Waals surface area contributed by atoms with E-state index in [-0.39, 0.29) is 5.91 Å². The Morgan fingerprint density at radius 2 is 1.67 bits per heavy atom. The van der Waals surface area contributed by atoms with Crippen LogP contribution in [0.4, 0.5) is 0 Å². The van der Waals surface area contributed by atoms with Crippen molar-refractivity contribution in [2.45, 2.75) is 33.1 Å². The second-order valence-electron chi connectivity index (χ2n) is 5.06. The number of methoxy groups -OCH3 is 2. The first-order valence-electron chi connectivity index (χ1n) is 7.92. The van der Waals surface area contributed by atoms with Crippen molar-refractivity contribution < 1.29 is 23.9 Å². The standard InChI is InChI=1S/C8H10.C6H10O4.C4H7NO/c1-2-8-6-4-3-5-7-8;1-4(5(7)9-2)6(8)10-3;6-4-2-1-3-5-4/h3-7H,2H2,1H3;4H,1-3H3;1-3H2,(H,5,6). The van der Waals surface area contributed by atoms with E-state index in [0.717, 1.165) is 25.8 Å². The van der Waals surface area contributed by atoms with E-state index in [0.29, 0.717) is 0 Å². The number of amides is 1. The van der Waals surface area contributed by atoms with E-state index in [1.54, 1.807) is 0 Å². The van der Waals surface area contributed by atoms with E-state index in [1.165, 1.54) is 26.7 Å². The van der Waals surface area contributed by atoms with E-state index >= 15 is 0 Å². The van der Waals surface area contributed by atoms with Gasteiger partial charge in [-0.15, -0.1) is 0 Å². The number of carbonyl (C=O) groups excluding carboxylic acids is 3. The number of nitrogens with one attached hydrogen (secondary N) is 1. The van der Waals surface area contributed by atoms with Crippen molar-refractivity contribution in [3.63, 3.8) is 0 Å². The number of hydrogen-bond acceptors (Lipinski definition) is 5. The maximum absolute atomic E-state index is 10.6. The molecule has 0 unspecified atom stereocenters. The largest absolute Gasteiger partial charge is 0.468 e. The van der Waals surface area contributed by atoms with Gasteiger partial charge in [0.15, 0.2) is 5.92 Å². The van der Waals surface area contributed by atoms with E-state index in [9.17, 15) is 14.4 Å². The Balaban J connectivity index is 0.000000340. The van der Waals surface area contributed by atoms with Crippen LogP contribution in [0.15, 0.2) is 30.3 Å². The molecule has 6 nitrogen and oxygen atoms in total. The van der Waals surface area contributed by atoms with Crippen LogP contribution >= 0.6 is 0 Å². The van der Waals surface area contributed by atoms with Crippen molar-refractivity contribution in [1.29, 1.82) is 0 Å². The fraction of sp³-hybridized carbons (Fsp3) is 0.500. The highest BCUT2D eigenvalue weighted by Gasteiger charge is 2.22. The van der Waals surface area contributed by atoms with Gasteiger partial charge in [-0.05, 0) is 25.3 Å². The summed E-state index contributed by atoms with van der Waals surface area (Å²) in [6.07, 6.45) is 2.90. The molecule has 1 aromatic carbocycles. The molecule has 1 aliphatic heterocycles. The van der Waals surface area contributed by atoms with Gasteiger partial charge >= 0.3 is 11.9 Å². The second-order valence-corrected chi connectivity index (χ2v) is 5.06. The highest BCUT2D eigenvalue weighted by molar-refractivity contribution is 5.94. The molecule has 0 atom stereocenters. The summed E-state index contributed by atoms with van der Waals surface area (Å²) in [6, 6.07) is 10.5. The van der Waals surface area contributed by atoms with Crippen LogP contribution in [0.25, 0.3) is 0 Å². The molecular weight excluding hydrogens is 310 g/mol. The third kappa shape index (κ3) is 9.61. The van der Waals surface area contributed by atoms with Crippen molar-refractivity contribution in [3.8, 4) is 0 Å². The number of hydrogen-bond donors (Lipinski definition) is 1. The predicted molar refractivity (Wildman–Crippen MR) is 91.3 cm³/mol. The lowest BCUT2D eigenvalue weighted by molar-refractivity contribution is -0.157. The summed E-state index contributed by atoms with van der Waals surface area (Å²) < 4.78 is 8.59. The van der Waals surface area contributed by atoms with Crippen LogP contribution in [0.1, 0.15) is 32.3 Å². The molecule has 134 valence electrons. The Bertz CT molecular complexity index is 477. The molecule has 0 bridgehead atoms. The molecule has 2 rings (SSSR count). The maximum atomic E-state index is 10.6. The molecule has 1 amide bonds. The average molecular weight is 337 g/mol. The molecular formula is C18H27NO5. The quantitative estimate of drug-likeness (QED) is 0.675. The number of carbonyl (C=O) groups is 3. The molecule has 1 aliphatic rings. The molecule has 0 aliphatic carbocycles. The number of aryl methyl sites for hydroxylation is 1. The van der Waals surface area contributed by atoms with Gasteiger partial charge < -0.3 is 14.8 Å². The van der Waals surface area contributed by atoms with Crippen molar-refractivity contribution in [1.82, 2.24) is 5.32 Å². The highest BCUT2D eigenvalue weighted by Crippen LogP contribution is 1.99. The Labute approximate surface area is 143 Å². The highest BCUT2D eigenvalue weighted by atomic mass is 16.5. The molecule has 1 fully saturated rings. The predicted octanol–water partition coefficient (Wildman–Crippen LogP) is 2.11. The van der Waals surface area contributed by atoms with Crippen molar-refractivity contribution in [3.05, 3.63) is 35.9 Å². The molecule has 0 saturated carbocycles. The molecule has 1 N–H and O–H groups in total. The number of benzene rings is 1. The lowest BCUT2D eigenvalue weighted by Gasteiger charge is -2.04. The molecule has 0 aromatic heterocycles. The molecule has 0 spiro atoms. The second kappa shape index (κ2) is 13.1. The summed E-state index contributed by atoms with van der Waals surface area (Å²) in [5.74, 6) is -1.77. The first-order valence-corrected chi connectivity index (χ1v) is 7.92. The van der Waals surface area contributed by atoms with Gasteiger partial charge in [0.2, 0.25) is 5.91 Å². The minimum Gasteiger partial charge on any atom is -0.468 e. The Morgan fingerprint density at radius 3 is 1.92 bits per heavy atom. The monoisotopic (exact) mass is 337 g/mol. The SMILES string of the molecule is CCc1ccccc1.COC(=O)C(C)C(=O)OC.O=C1CCCN1. The van der Waals surface area contributed by atoms with Gasteiger partial charge in [-0.3, -0.25) is 14.4 Å². The molecule has 6 heteroatoms. The van der Waals surface area contributed by atoms with E-state index in [1.807, 2.05) is 6.07 Å². The van der Waals surface area contributed by atoms with Gasteiger partial charge in [-0.1, -0.05) is 37.3 Å². The number of esters is 2. The third-order valence-corrected chi connectivity index (χ3v) is 3.26. The smallest absolute Gasteiger partial charge is 0.319 e. The van der Waals surface area contributed by atoms with E-state index in [2.05, 4.69) is 46.0 Å². The lowest BCUT2D eigenvalue weighted by atomic mass is 10.2. The first-order chi connectivity index (χ1) is 11.5. The molecule has 1 aromatic rings. The number of ether oxygens (including phenoxy) is 2. The summed E-state index contributed by atoms with van der Waals surface area (Å²) in [5.41, 5.74) is 1.41. The molecule has 1 saturated heterocycles. The topological polar surface area (TPSA) is 81.7 Å². The molecule has 1 heterocycles. The zero-order valence-electron chi connectivity index (χ0n) is 14.8. The van der Waals surface area contributed by atoms with Crippen LogP contribution in [-0.2, 0) is 30.3 Å². The van der Waals surface area contributed by atoms with Gasteiger partial charge in [-0.25, -0.2) is 0 Å². The third-order valence-electron chi connectivity index (χ3n) is 3.26. The Kier molecular flexibility index (Phi) is 11.8. The van der Waals surface area contributed by atoms with Crippen LogP contribution < -0.4 is 5.32 Å². The maximum Gasteiger partial charge on any atom is 0.319 e. The fourth-order valence-electron chi connectivity index (χ4n) is 1.73. The average Bonchev–Trinajstić information content (AvgIpc) is 3.12. The van der Waals surface area contributed by atoms with Gasteiger partial charge in [0.25, 0.3) is 0 Å². The van der Waals surface area contributed by atoms with Crippen molar-refractivity contribution in [2.24, 2.45) is 5.92 Å². The van der Waals surface area contributed by atoms with Crippen LogP contribution in [0, 0.1) is 5.92 Å². The summed E-state index contributed by atoms with van der Waals surface area (Å²) in [4.78, 5) is 31.3. The fourth-order valence-corrected chi connectivity index (χ4v) is 1.73. The van der Waals surface area contributed by atoms with Gasteiger partial charge in [0.1, 0.15) is 0 Å². The van der Waals surface area contributed by atoms with Crippen LogP contribution in [0.3, 0.4) is 0 Å². The van der Waals surface area contributed by atoms with E-state index in [4.69, 9.17) is 0 Å². The Morgan fingerprint density at radius 1 is 1.12 bits per heavy atom. The van der Waals surface area contributed by atoms with Crippen molar-refractivity contribution in [2.75, 3.05) is 20.8 Å². The minimum absolute atomic E-state index is 0.204. The number of rotatable bonds is 3. The van der Waals surface area contributed by atoms with Gasteiger partial charge in [-0.2, -0.15) is 0 Å². The zero-order valence-corrected chi connectivity index (χ0v) is 14.8. The summed E-state index contributed by atoms with van der Waals surface area (Å²) >= 11 is 0. The lowest BCUT2D eigenvalue weighted by Crippen LogP contribution is -2.23. The van der Waals surface area contributed by atoms with Crippen molar-refractivity contribution >= 4 is 17.8 Å². The summed E-state index contributed by atoms with van der Waals surface area (Å²) in [5, 5.41) is 2.68. The molecule has 0 radical (unpaired) electrons.